The van der Waals surface area contributed by atoms with Crippen molar-refractivity contribution >= 4 is 17.7 Å². The Balaban J connectivity index is 1.39. The maximum Gasteiger partial charge on any atom is 0.249 e. The third-order valence-corrected chi connectivity index (χ3v) is 8.89. The molecule has 1 aliphatic heterocycles. The number of hydrogen-bond donors (Lipinski definition) is 3. The summed E-state index contributed by atoms with van der Waals surface area (Å²) in [6.45, 7) is 1.27. The van der Waals surface area contributed by atoms with Crippen molar-refractivity contribution in [1.29, 1.82) is 0 Å². The highest BCUT2D eigenvalue weighted by atomic mass is 16.2. The molecule has 1 unspecified atom stereocenters. The Morgan fingerprint density at radius 1 is 0.761 bits per heavy atom. The molecule has 1 saturated heterocycles. The van der Waals surface area contributed by atoms with Crippen LogP contribution in [0.4, 0.5) is 0 Å². The van der Waals surface area contributed by atoms with E-state index in [0.717, 1.165) is 35.1 Å². The van der Waals surface area contributed by atoms with Gasteiger partial charge in [0.1, 0.15) is 11.6 Å². The average Bonchev–Trinajstić information content (AvgIpc) is 3.40. The van der Waals surface area contributed by atoms with Crippen LogP contribution in [-0.2, 0) is 27.3 Å². The molecule has 7 nitrogen and oxygen atoms in total. The fourth-order valence-electron chi connectivity index (χ4n) is 6.48. The zero-order valence-corrected chi connectivity index (χ0v) is 26.3. The number of amides is 3. The lowest BCUT2D eigenvalue weighted by Crippen LogP contribution is -2.58. The summed E-state index contributed by atoms with van der Waals surface area (Å²) in [6.07, 6.45) is 2.93. The van der Waals surface area contributed by atoms with Crippen LogP contribution in [0.15, 0.2) is 121 Å². The van der Waals surface area contributed by atoms with Gasteiger partial charge in [0.25, 0.3) is 0 Å². The molecule has 4 N–H and O–H groups in total. The molecule has 1 heterocycles. The van der Waals surface area contributed by atoms with Crippen LogP contribution in [0, 0.1) is 0 Å². The van der Waals surface area contributed by atoms with E-state index in [1.165, 1.54) is 0 Å². The predicted molar refractivity (Wildman–Crippen MR) is 182 cm³/mol. The number of benzene rings is 4. The molecule has 3 amide bonds. The molecule has 0 aliphatic carbocycles. The fraction of sp³-hybridized carbons (Fsp3) is 0.308. The summed E-state index contributed by atoms with van der Waals surface area (Å²) in [6, 6.07) is 38.8. The number of hydrogen-bond acceptors (Lipinski definition) is 4. The minimum Gasteiger partial charge on any atom is -0.350 e. The normalized spacial score (nSPS) is 16.7. The zero-order valence-electron chi connectivity index (χ0n) is 26.3. The summed E-state index contributed by atoms with van der Waals surface area (Å²) < 4.78 is 0. The van der Waals surface area contributed by atoms with Crippen LogP contribution < -0.4 is 16.4 Å². The van der Waals surface area contributed by atoms with Crippen LogP contribution in [0.3, 0.4) is 0 Å². The van der Waals surface area contributed by atoms with Gasteiger partial charge in [-0.1, -0.05) is 121 Å². The second-order valence-electron chi connectivity index (χ2n) is 12.1. The largest absolute Gasteiger partial charge is 0.350 e. The van der Waals surface area contributed by atoms with E-state index in [1.807, 2.05) is 121 Å². The van der Waals surface area contributed by atoms with E-state index in [4.69, 9.17) is 5.73 Å². The van der Waals surface area contributed by atoms with Gasteiger partial charge in [0.15, 0.2) is 0 Å². The van der Waals surface area contributed by atoms with Crippen molar-refractivity contribution in [1.82, 2.24) is 15.5 Å². The van der Waals surface area contributed by atoms with Crippen molar-refractivity contribution in [2.45, 2.75) is 62.6 Å². The van der Waals surface area contributed by atoms with Gasteiger partial charge in [0, 0.05) is 31.8 Å². The third-order valence-electron chi connectivity index (χ3n) is 8.89. The Kier molecular flexibility index (Phi) is 11.4. The van der Waals surface area contributed by atoms with E-state index in [1.54, 1.807) is 4.90 Å². The van der Waals surface area contributed by atoms with Crippen LogP contribution in [-0.4, -0.2) is 47.3 Å². The number of nitrogens with one attached hydrogen (secondary N) is 2. The fourth-order valence-corrected chi connectivity index (χ4v) is 6.48. The Morgan fingerprint density at radius 2 is 1.30 bits per heavy atom. The maximum absolute atomic E-state index is 14.6. The standard InChI is InChI=1S/C39H44N4O3/c40-25-14-13-23-35(37(45)41-29-31-17-7-2-8-18-31)43-26-24-39(38(43)46,28-30-15-5-1-6-16-30)42-36(44)27-34(32-19-9-3-10-20-32)33-21-11-4-12-22-33/h1-12,15-22,34-35H,13-14,23-29,40H2,(H,41,45)(H,42,44)/t35-,39?/m0/s1. The van der Waals surface area contributed by atoms with Crippen molar-refractivity contribution in [3.8, 4) is 0 Å². The molecule has 0 radical (unpaired) electrons. The highest BCUT2D eigenvalue weighted by Gasteiger charge is 2.50. The molecule has 0 bridgehead atoms. The maximum atomic E-state index is 14.6. The molecule has 0 spiro atoms. The number of carbonyl (C=O) groups excluding carboxylic acids is 3. The van der Waals surface area contributed by atoms with Crippen molar-refractivity contribution in [3.63, 3.8) is 0 Å². The minimum absolute atomic E-state index is 0.170. The molecule has 2 atom stereocenters. The summed E-state index contributed by atoms with van der Waals surface area (Å²) in [5.41, 5.74) is 8.64. The molecule has 7 heteroatoms. The molecular weight excluding hydrogens is 572 g/mol. The Labute approximate surface area is 272 Å². The predicted octanol–water partition coefficient (Wildman–Crippen LogP) is 5.35. The van der Waals surface area contributed by atoms with Crippen LogP contribution >= 0.6 is 0 Å². The summed E-state index contributed by atoms with van der Waals surface area (Å²) in [5.74, 6) is -0.772. The van der Waals surface area contributed by atoms with Crippen LogP contribution in [0.2, 0.25) is 0 Å². The number of unbranched alkanes of at least 4 members (excludes halogenated alkanes) is 1. The summed E-state index contributed by atoms with van der Waals surface area (Å²) in [5, 5.41) is 6.28. The van der Waals surface area contributed by atoms with E-state index in [2.05, 4.69) is 10.6 Å². The first-order valence-electron chi connectivity index (χ1n) is 16.3. The number of likely N-dealkylation sites (tertiary alicyclic amines) is 1. The lowest BCUT2D eigenvalue weighted by Gasteiger charge is -2.33. The highest BCUT2D eigenvalue weighted by Crippen LogP contribution is 2.33. The van der Waals surface area contributed by atoms with Gasteiger partial charge in [0.05, 0.1) is 0 Å². The lowest BCUT2D eigenvalue weighted by atomic mass is 9.86. The summed E-state index contributed by atoms with van der Waals surface area (Å²) in [7, 11) is 0. The number of rotatable bonds is 15. The van der Waals surface area contributed by atoms with E-state index < -0.39 is 11.6 Å². The molecule has 5 rings (SSSR count). The van der Waals surface area contributed by atoms with Crippen molar-refractivity contribution in [3.05, 3.63) is 144 Å². The average molecular weight is 617 g/mol. The molecule has 4 aromatic carbocycles. The topological polar surface area (TPSA) is 105 Å². The van der Waals surface area contributed by atoms with Crippen LogP contribution in [0.25, 0.3) is 0 Å². The summed E-state index contributed by atoms with van der Waals surface area (Å²) in [4.78, 5) is 43.9. The van der Waals surface area contributed by atoms with Gasteiger partial charge in [-0.25, -0.2) is 0 Å². The molecular formula is C39H44N4O3. The highest BCUT2D eigenvalue weighted by molar-refractivity contribution is 5.97. The van der Waals surface area contributed by atoms with Gasteiger partial charge >= 0.3 is 0 Å². The smallest absolute Gasteiger partial charge is 0.249 e. The molecule has 1 aliphatic rings. The van der Waals surface area contributed by atoms with Gasteiger partial charge < -0.3 is 21.3 Å². The molecule has 46 heavy (non-hydrogen) atoms. The van der Waals surface area contributed by atoms with Gasteiger partial charge in [-0.15, -0.1) is 0 Å². The van der Waals surface area contributed by atoms with E-state index in [0.29, 0.717) is 38.9 Å². The number of nitrogens with two attached hydrogens (primary N) is 1. The Bertz CT molecular complexity index is 1510. The molecule has 0 saturated carbocycles. The minimum atomic E-state index is -1.16. The molecule has 4 aromatic rings. The second-order valence-corrected chi connectivity index (χ2v) is 12.1. The second kappa shape index (κ2) is 16.0. The lowest BCUT2D eigenvalue weighted by molar-refractivity contribution is -0.142. The van der Waals surface area contributed by atoms with Crippen molar-refractivity contribution in [2.75, 3.05) is 13.1 Å². The molecule has 1 fully saturated rings. The quantitative estimate of drug-likeness (QED) is 0.157. The third kappa shape index (κ3) is 8.29. The molecule has 238 valence electrons. The van der Waals surface area contributed by atoms with Crippen LogP contribution in [0.5, 0.6) is 0 Å². The van der Waals surface area contributed by atoms with Gasteiger partial charge in [-0.2, -0.15) is 0 Å². The van der Waals surface area contributed by atoms with Gasteiger partial charge in [-0.3, -0.25) is 14.4 Å². The van der Waals surface area contributed by atoms with Crippen molar-refractivity contribution < 1.29 is 14.4 Å². The van der Waals surface area contributed by atoms with Crippen molar-refractivity contribution in [2.24, 2.45) is 5.73 Å². The van der Waals surface area contributed by atoms with Gasteiger partial charge in [0.2, 0.25) is 17.7 Å². The van der Waals surface area contributed by atoms with Gasteiger partial charge in [-0.05, 0) is 54.5 Å². The van der Waals surface area contributed by atoms with Crippen LogP contribution in [0.1, 0.15) is 60.3 Å². The SMILES string of the molecule is NCCCC[C@@H](C(=O)NCc1ccccc1)N1CCC(Cc2ccccc2)(NC(=O)CC(c2ccccc2)c2ccccc2)C1=O. The Morgan fingerprint density at radius 3 is 1.87 bits per heavy atom. The first-order valence-corrected chi connectivity index (χ1v) is 16.3. The van der Waals surface area contributed by atoms with E-state index in [-0.39, 0.29) is 30.1 Å². The molecule has 0 aromatic heterocycles. The van der Waals surface area contributed by atoms with E-state index >= 15 is 0 Å². The number of nitrogens with zero attached hydrogens (tertiary/aromatic N) is 1. The monoisotopic (exact) mass is 616 g/mol. The zero-order chi connectivity index (χ0) is 32.2. The summed E-state index contributed by atoms with van der Waals surface area (Å²) >= 11 is 0. The first kappa shape index (κ1) is 32.6. The van der Waals surface area contributed by atoms with E-state index in [9.17, 15) is 14.4 Å². The Hall–Kier alpha value is -4.75. The number of carbonyl (C=O) groups is 3. The first-order chi connectivity index (χ1) is 22.5.